The summed E-state index contributed by atoms with van der Waals surface area (Å²) in [6, 6.07) is 15.0. The summed E-state index contributed by atoms with van der Waals surface area (Å²) in [5.74, 6) is -0.242. The molecule has 0 spiro atoms. The molecule has 1 aromatic heterocycles. The first-order valence-corrected chi connectivity index (χ1v) is 9.87. The van der Waals surface area contributed by atoms with Crippen molar-refractivity contribution in [3.8, 4) is 0 Å². The van der Waals surface area contributed by atoms with Crippen LogP contribution in [0.15, 0.2) is 71.9 Å². The minimum Gasteiger partial charge on any atom is -0.346 e. The van der Waals surface area contributed by atoms with Crippen LogP contribution in [0, 0.1) is 0 Å². The molecule has 0 fully saturated rings. The molecule has 1 heterocycles. The maximum atomic E-state index is 12.5. The van der Waals surface area contributed by atoms with E-state index in [2.05, 4.69) is 10.4 Å². The van der Waals surface area contributed by atoms with Crippen molar-refractivity contribution in [1.29, 1.82) is 0 Å². The molecule has 0 radical (unpaired) electrons. The molecule has 0 aliphatic rings. The first-order chi connectivity index (χ1) is 12.8. The maximum absolute atomic E-state index is 12.5. The predicted octanol–water partition coefficient (Wildman–Crippen LogP) is 2.07. The monoisotopic (exact) mass is 384 g/mol. The van der Waals surface area contributed by atoms with Crippen molar-refractivity contribution in [2.75, 3.05) is 0 Å². The Morgan fingerprint density at radius 1 is 1.19 bits per heavy atom. The Bertz CT molecular complexity index is 1030. The van der Waals surface area contributed by atoms with E-state index in [0.29, 0.717) is 17.7 Å². The lowest BCUT2D eigenvalue weighted by Gasteiger charge is -2.15. The molecule has 27 heavy (non-hydrogen) atoms. The van der Waals surface area contributed by atoms with Gasteiger partial charge in [0.15, 0.2) is 0 Å². The summed E-state index contributed by atoms with van der Waals surface area (Å²) in [4.78, 5) is 12.5. The van der Waals surface area contributed by atoms with Crippen LogP contribution in [0.5, 0.6) is 0 Å². The number of sulfonamides is 1. The number of rotatable bonds is 6. The van der Waals surface area contributed by atoms with Crippen LogP contribution in [0.25, 0.3) is 0 Å². The number of primary sulfonamides is 1. The van der Waals surface area contributed by atoms with Gasteiger partial charge in [-0.1, -0.05) is 24.3 Å². The molecule has 3 N–H and O–H groups in total. The molecule has 140 valence electrons. The van der Waals surface area contributed by atoms with Crippen molar-refractivity contribution in [3.05, 3.63) is 83.7 Å². The number of aromatic nitrogens is 2. The van der Waals surface area contributed by atoms with Gasteiger partial charge in [-0.05, 0) is 48.4 Å². The van der Waals surface area contributed by atoms with Crippen LogP contribution < -0.4 is 10.5 Å². The van der Waals surface area contributed by atoms with Crippen molar-refractivity contribution in [2.45, 2.75) is 24.4 Å². The Labute approximate surface area is 157 Å². The fourth-order valence-corrected chi connectivity index (χ4v) is 3.24. The zero-order valence-corrected chi connectivity index (χ0v) is 15.6. The zero-order valence-electron chi connectivity index (χ0n) is 14.7. The molecule has 8 heteroatoms. The first-order valence-electron chi connectivity index (χ1n) is 8.33. The van der Waals surface area contributed by atoms with E-state index >= 15 is 0 Å². The van der Waals surface area contributed by atoms with Gasteiger partial charge in [-0.3, -0.25) is 9.48 Å². The molecule has 0 aliphatic heterocycles. The molecule has 2 aromatic carbocycles. The van der Waals surface area contributed by atoms with Gasteiger partial charge >= 0.3 is 0 Å². The highest BCUT2D eigenvalue weighted by Gasteiger charge is 2.14. The van der Waals surface area contributed by atoms with Crippen LogP contribution >= 0.6 is 0 Å². The van der Waals surface area contributed by atoms with Crippen molar-refractivity contribution in [1.82, 2.24) is 15.1 Å². The van der Waals surface area contributed by atoms with E-state index in [1.807, 2.05) is 24.4 Å². The van der Waals surface area contributed by atoms with Gasteiger partial charge in [0.2, 0.25) is 10.0 Å². The van der Waals surface area contributed by atoms with E-state index < -0.39 is 10.0 Å². The first kappa shape index (κ1) is 18.8. The lowest BCUT2D eigenvalue weighted by molar-refractivity contribution is 0.0940. The van der Waals surface area contributed by atoms with Crippen LogP contribution in [0.4, 0.5) is 0 Å². The number of carbonyl (C=O) groups excluding carboxylic acids is 1. The maximum Gasteiger partial charge on any atom is 0.251 e. The Hall–Kier alpha value is -2.97. The smallest absolute Gasteiger partial charge is 0.251 e. The van der Waals surface area contributed by atoms with Crippen LogP contribution in [-0.2, 0) is 16.6 Å². The van der Waals surface area contributed by atoms with Gasteiger partial charge in [-0.25, -0.2) is 13.6 Å². The SMILES string of the molecule is CC(NC(=O)c1ccc(Cn2cccn2)cc1)c1cccc(S(N)(=O)=O)c1. The topological polar surface area (TPSA) is 107 Å². The summed E-state index contributed by atoms with van der Waals surface area (Å²) in [5, 5.41) is 12.2. The number of nitrogens with one attached hydrogen (secondary N) is 1. The van der Waals surface area contributed by atoms with E-state index in [4.69, 9.17) is 5.14 Å². The fourth-order valence-electron chi connectivity index (χ4n) is 2.67. The fraction of sp³-hybridized carbons (Fsp3) is 0.158. The Morgan fingerprint density at radius 2 is 1.93 bits per heavy atom. The highest BCUT2D eigenvalue weighted by Crippen LogP contribution is 2.17. The van der Waals surface area contributed by atoms with Crippen molar-refractivity contribution in [2.24, 2.45) is 5.14 Å². The molecule has 3 aromatic rings. The molecule has 1 unspecified atom stereocenters. The minimum atomic E-state index is -3.79. The molecular weight excluding hydrogens is 364 g/mol. The second-order valence-electron chi connectivity index (χ2n) is 6.21. The highest BCUT2D eigenvalue weighted by molar-refractivity contribution is 7.89. The number of nitrogens with zero attached hydrogens (tertiary/aromatic N) is 2. The van der Waals surface area contributed by atoms with Gasteiger partial charge in [0.1, 0.15) is 0 Å². The Kier molecular flexibility index (Phi) is 5.38. The predicted molar refractivity (Wildman–Crippen MR) is 101 cm³/mol. The van der Waals surface area contributed by atoms with E-state index in [1.54, 1.807) is 42.1 Å². The zero-order chi connectivity index (χ0) is 19.4. The largest absolute Gasteiger partial charge is 0.346 e. The molecule has 0 saturated carbocycles. The van der Waals surface area contributed by atoms with Crippen molar-refractivity contribution in [3.63, 3.8) is 0 Å². The van der Waals surface area contributed by atoms with Gasteiger partial charge < -0.3 is 5.32 Å². The summed E-state index contributed by atoms with van der Waals surface area (Å²) in [6.07, 6.45) is 3.59. The molecule has 1 amide bonds. The summed E-state index contributed by atoms with van der Waals surface area (Å²) in [6.45, 7) is 2.41. The van der Waals surface area contributed by atoms with E-state index in [9.17, 15) is 13.2 Å². The third-order valence-electron chi connectivity index (χ3n) is 4.15. The second-order valence-corrected chi connectivity index (χ2v) is 7.77. The minimum absolute atomic E-state index is 0.0177. The van der Waals surface area contributed by atoms with Crippen LogP contribution in [0.2, 0.25) is 0 Å². The average molecular weight is 384 g/mol. The number of nitrogens with two attached hydrogens (primary N) is 1. The van der Waals surface area contributed by atoms with Gasteiger partial charge in [-0.2, -0.15) is 5.10 Å². The van der Waals surface area contributed by atoms with Crippen molar-refractivity contribution >= 4 is 15.9 Å². The Morgan fingerprint density at radius 3 is 2.56 bits per heavy atom. The third-order valence-corrected chi connectivity index (χ3v) is 5.07. The average Bonchev–Trinajstić information content (AvgIpc) is 3.14. The molecule has 0 bridgehead atoms. The number of carbonyl (C=O) groups is 1. The number of benzene rings is 2. The summed E-state index contributed by atoms with van der Waals surface area (Å²) >= 11 is 0. The number of hydrogen-bond acceptors (Lipinski definition) is 4. The summed E-state index contributed by atoms with van der Waals surface area (Å²) in [5.41, 5.74) is 2.21. The Balaban J connectivity index is 1.68. The number of hydrogen-bond donors (Lipinski definition) is 2. The van der Waals surface area contributed by atoms with Crippen LogP contribution in [0.1, 0.15) is 34.5 Å². The van der Waals surface area contributed by atoms with E-state index in [-0.39, 0.29) is 16.8 Å². The molecular formula is C19H20N4O3S. The second kappa shape index (κ2) is 7.73. The van der Waals surface area contributed by atoms with E-state index in [1.165, 1.54) is 12.1 Å². The summed E-state index contributed by atoms with van der Waals surface area (Å²) in [7, 11) is -3.79. The standard InChI is InChI=1S/C19H20N4O3S/c1-14(17-4-2-5-18(12-17)27(20,25)26)22-19(24)16-8-6-15(7-9-16)13-23-11-3-10-21-23/h2-12,14H,13H2,1H3,(H,22,24)(H2,20,25,26). The quantitative estimate of drug-likeness (QED) is 0.678. The van der Waals surface area contributed by atoms with Gasteiger partial charge in [0.05, 0.1) is 17.5 Å². The molecule has 0 saturated heterocycles. The lowest BCUT2D eigenvalue weighted by atomic mass is 10.1. The van der Waals surface area contributed by atoms with Gasteiger partial charge in [0, 0.05) is 18.0 Å². The lowest BCUT2D eigenvalue weighted by Crippen LogP contribution is -2.26. The van der Waals surface area contributed by atoms with Crippen LogP contribution in [0.3, 0.4) is 0 Å². The number of amides is 1. The normalized spacial score (nSPS) is 12.5. The molecule has 1 atom stereocenters. The van der Waals surface area contributed by atoms with E-state index in [0.717, 1.165) is 5.56 Å². The van der Waals surface area contributed by atoms with Gasteiger partial charge in [0.25, 0.3) is 5.91 Å². The highest BCUT2D eigenvalue weighted by atomic mass is 32.2. The third kappa shape index (κ3) is 4.81. The van der Waals surface area contributed by atoms with Crippen molar-refractivity contribution < 1.29 is 13.2 Å². The molecule has 0 aliphatic carbocycles. The summed E-state index contributed by atoms with van der Waals surface area (Å²) < 4.78 is 24.8. The molecule has 3 rings (SSSR count). The van der Waals surface area contributed by atoms with Crippen LogP contribution in [-0.4, -0.2) is 24.1 Å². The van der Waals surface area contributed by atoms with Gasteiger partial charge in [-0.15, -0.1) is 0 Å². The molecule has 7 nitrogen and oxygen atoms in total.